The molecular weight excluding hydrogens is 311 g/mol. The van der Waals surface area contributed by atoms with Crippen molar-refractivity contribution < 1.29 is 22.7 Å². The number of hydrogen-bond donors (Lipinski definition) is 1. The zero-order valence-electron chi connectivity index (χ0n) is 12.3. The minimum atomic E-state index is -4.62. The van der Waals surface area contributed by atoms with Gasteiger partial charge >= 0.3 is 6.36 Å². The Morgan fingerprint density at radius 3 is 2.70 bits per heavy atom. The number of carbonyl (C=O) groups excluding carboxylic acids is 1. The third-order valence-electron chi connectivity index (χ3n) is 3.96. The second-order valence-corrected chi connectivity index (χ2v) is 5.54. The van der Waals surface area contributed by atoms with Gasteiger partial charge in [-0.25, -0.2) is 0 Å². The van der Waals surface area contributed by atoms with Crippen molar-refractivity contribution in [1.29, 1.82) is 0 Å². The Labute approximate surface area is 130 Å². The van der Waals surface area contributed by atoms with Gasteiger partial charge in [0.25, 0.3) is 0 Å². The molecule has 0 unspecified atom stereocenters. The lowest BCUT2D eigenvalue weighted by Crippen LogP contribution is -2.42. The number of H-pyrrole nitrogens is 1. The number of aromatic nitrogens is 2. The van der Waals surface area contributed by atoms with Gasteiger partial charge in [0.1, 0.15) is 0 Å². The van der Waals surface area contributed by atoms with Crippen molar-refractivity contribution in [3.8, 4) is 0 Å². The molecular formula is C15H16F3N3O2. The number of nitrogens with one attached hydrogen (secondary N) is 1. The minimum Gasteiger partial charge on any atom is -0.342 e. The summed E-state index contributed by atoms with van der Waals surface area (Å²) in [4.78, 5) is 13.9. The summed E-state index contributed by atoms with van der Waals surface area (Å²) < 4.78 is 40.6. The Kier molecular flexibility index (Phi) is 4.25. The minimum absolute atomic E-state index is 0.120. The molecule has 0 atom stereocenters. The summed E-state index contributed by atoms with van der Waals surface area (Å²) in [7, 11) is 0. The second-order valence-electron chi connectivity index (χ2n) is 5.54. The molecule has 23 heavy (non-hydrogen) atoms. The van der Waals surface area contributed by atoms with E-state index in [9.17, 15) is 18.0 Å². The predicted octanol–water partition coefficient (Wildman–Crippen LogP) is 2.63. The number of benzene rings is 1. The first-order valence-electron chi connectivity index (χ1n) is 7.37. The molecule has 8 heteroatoms. The molecule has 1 aliphatic heterocycles. The van der Waals surface area contributed by atoms with Gasteiger partial charge in [0.05, 0.1) is 23.7 Å². The number of piperidine rings is 1. The lowest BCUT2D eigenvalue weighted by molar-refractivity contribution is -0.345. The average molecular weight is 327 g/mol. The van der Waals surface area contributed by atoms with Crippen molar-refractivity contribution in [1.82, 2.24) is 15.1 Å². The van der Waals surface area contributed by atoms with E-state index in [0.29, 0.717) is 0 Å². The molecule has 1 fully saturated rings. The van der Waals surface area contributed by atoms with Gasteiger partial charge in [0.2, 0.25) is 5.91 Å². The first-order valence-corrected chi connectivity index (χ1v) is 7.37. The van der Waals surface area contributed by atoms with E-state index < -0.39 is 12.5 Å². The SMILES string of the molecule is O=C(Cc1[nH]nc2ccccc12)N1CCC(OC(F)(F)F)CC1. The van der Waals surface area contributed by atoms with Gasteiger partial charge < -0.3 is 4.90 Å². The van der Waals surface area contributed by atoms with Crippen LogP contribution in [-0.4, -0.2) is 46.6 Å². The second kappa shape index (κ2) is 6.19. The van der Waals surface area contributed by atoms with Crippen LogP contribution in [0.2, 0.25) is 0 Å². The fraction of sp³-hybridized carbons (Fsp3) is 0.467. The number of hydrogen-bond acceptors (Lipinski definition) is 3. The Morgan fingerprint density at radius 1 is 1.30 bits per heavy atom. The summed E-state index contributed by atoms with van der Waals surface area (Å²) in [5.41, 5.74) is 1.51. The first kappa shape index (κ1) is 15.8. The van der Waals surface area contributed by atoms with Crippen LogP contribution in [0.1, 0.15) is 18.5 Å². The summed E-state index contributed by atoms with van der Waals surface area (Å²) in [5, 5.41) is 7.87. The number of likely N-dealkylation sites (tertiary alicyclic amines) is 1. The van der Waals surface area contributed by atoms with Gasteiger partial charge in [-0.2, -0.15) is 5.10 Å². The van der Waals surface area contributed by atoms with Gasteiger partial charge in [0, 0.05) is 18.5 Å². The highest BCUT2D eigenvalue weighted by molar-refractivity contribution is 5.87. The maximum absolute atomic E-state index is 12.3. The van der Waals surface area contributed by atoms with E-state index in [2.05, 4.69) is 14.9 Å². The Morgan fingerprint density at radius 2 is 2.00 bits per heavy atom. The van der Waals surface area contributed by atoms with Crippen LogP contribution in [0.3, 0.4) is 0 Å². The molecule has 124 valence electrons. The molecule has 1 saturated heterocycles. The van der Waals surface area contributed by atoms with Crippen molar-refractivity contribution in [2.75, 3.05) is 13.1 Å². The normalized spacial score (nSPS) is 16.9. The molecule has 5 nitrogen and oxygen atoms in total. The quantitative estimate of drug-likeness (QED) is 0.943. The van der Waals surface area contributed by atoms with Crippen LogP contribution in [0.25, 0.3) is 10.9 Å². The highest BCUT2D eigenvalue weighted by Gasteiger charge is 2.35. The van der Waals surface area contributed by atoms with Gasteiger partial charge in [-0.15, -0.1) is 13.2 Å². The van der Waals surface area contributed by atoms with Crippen LogP contribution in [0.5, 0.6) is 0 Å². The topological polar surface area (TPSA) is 58.2 Å². The highest BCUT2D eigenvalue weighted by Crippen LogP contribution is 2.25. The van der Waals surface area contributed by atoms with Crippen LogP contribution in [0.4, 0.5) is 13.2 Å². The fourth-order valence-corrected chi connectivity index (χ4v) is 2.82. The number of alkyl halides is 3. The van der Waals surface area contributed by atoms with E-state index in [1.165, 1.54) is 0 Å². The Balaban J connectivity index is 1.58. The van der Waals surface area contributed by atoms with Crippen LogP contribution < -0.4 is 0 Å². The predicted molar refractivity (Wildman–Crippen MR) is 76.5 cm³/mol. The number of halogens is 3. The lowest BCUT2D eigenvalue weighted by Gasteiger charge is -2.32. The molecule has 2 heterocycles. The molecule has 0 spiro atoms. The third-order valence-corrected chi connectivity index (χ3v) is 3.96. The van der Waals surface area contributed by atoms with E-state index in [1.54, 1.807) is 4.90 Å². The lowest BCUT2D eigenvalue weighted by atomic mass is 10.1. The summed E-state index contributed by atoms with van der Waals surface area (Å²) in [6.07, 6.45) is -4.95. The molecule has 0 radical (unpaired) electrons. The number of ether oxygens (including phenoxy) is 1. The number of nitrogens with zero attached hydrogens (tertiary/aromatic N) is 2. The molecule has 0 saturated carbocycles. The molecule has 3 rings (SSSR count). The average Bonchev–Trinajstić information content (AvgIpc) is 2.90. The van der Waals surface area contributed by atoms with Crippen LogP contribution in [0.15, 0.2) is 24.3 Å². The summed E-state index contributed by atoms with van der Waals surface area (Å²) >= 11 is 0. The van der Waals surface area contributed by atoms with Crippen LogP contribution in [-0.2, 0) is 16.0 Å². The van der Waals surface area contributed by atoms with E-state index in [0.717, 1.165) is 16.6 Å². The molecule has 1 aliphatic rings. The van der Waals surface area contributed by atoms with Crippen molar-refractivity contribution in [2.24, 2.45) is 0 Å². The van der Waals surface area contributed by atoms with E-state index in [4.69, 9.17) is 0 Å². The van der Waals surface area contributed by atoms with Gasteiger partial charge in [-0.3, -0.25) is 14.6 Å². The van der Waals surface area contributed by atoms with E-state index in [1.807, 2.05) is 24.3 Å². The number of carbonyl (C=O) groups is 1. The summed E-state index contributed by atoms with van der Waals surface area (Å²) in [6.45, 7) is 0.539. The number of para-hydroxylation sites is 1. The summed E-state index contributed by atoms with van der Waals surface area (Å²) in [5.74, 6) is -0.120. The molecule has 0 aliphatic carbocycles. The van der Waals surface area contributed by atoms with Crippen LogP contribution in [0, 0.1) is 0 Å². The highest BCUT2D eigenvalue weighted by atomic mass is 19.4. The zero-order valence-corrected chi connectivity index (χ0v) is 12.3. The first-order chi connectivity index (χ1) is 10.9. The number of aromatic amines is 1. The van der Waals surface area contributed by atoms with Crippen molar-refractivity contribution in [3.05, 3.63) is 30.0 Å². The summed E-state index contributed by atoms with van der Waals surface area (Å²) in [6, 6.07) is 7.45. The number of fused-ring (bicyclic) bond motifs is 1. The maximum Gasteiger partial charge on any atom is 0.522 e. The molecule has 1 aromatic heterocycles. The van der Waals surface area contributed by atoms with Crippen LogP contribution >= 0.6 is 0 Å². The number of rotatable bonds is 3. The van der Waals surface area contributed by atoms with Gasteiger partial charge in [0.15, 0.2) is 0 Å². The standard InChI is InChI=1S/C15H16F3N3O2/c16-15(17,18)23-10-5-7-21(8-6-10)14(22)9-13-11-3-1-2-4-12(11)19-20-13/h1-4,10H,5-9H2,(H,19,20). The molecule has 1 N–H and O–H groups in total. The Hall–Kier alpha value is -2.09. The smallest absolute Gasteiger partial charge is 0.342 e. The zero-order chi connectivity index (χ0) is 16.4. The molecule has 1 amide bonds. The fourth-order valence-electron chi connectivity index (χ4n) is 2.82. The Bertz CT molecular complexity index is 691. The molecule has 2 aromatic rings. The monoisotopic (exact) mass is 327 g/mol. The largest absolute Gasteiger partial charge is 0.522 e. The van der Waals surface area contributed by atoms with Crippen molar-refractivity contribution in [3.63, 3.8) is 0 Å². The molecule has 1 aromatic carbocycles. The van der Waals surface area contributed by atoms with Crippen molar-refractivity contribution >= 4 is 16.8 Å². The van der Waals surface area contributed by atoms with Crippen molar-refractivity contribution in [2.45, 2.75) is 31.7 Å². The van der Waals surface area contributed by atoms with E-state index >= 15 is 0 Å². The maximum atomic E-state index is 12.3. The van der Waals surface area contributed by atoms with E-state index in [-0.39, 0.29) is 38.3 Å². The molecule has 0 bridgehead atoms. The van der Waals surface area contributed by atoms with Gasteiger partial charge in [-0.05, 0) is 18.9 Å². The number of amides is 1. The third kappa shape index (κ3) is 3.82. The van der Waals surface area contributed by atoms with Gasteiger partial charge in [-0.1, -0.05) is 18.2 Å².